The fourth-order valence-electron chi connectivity index (χ4n) is 2.17. The fraction of sp³-hybridized carbons (Fsp3) is 0.333. The van der Waals surface area contributed by atoms with Crippen molar-refractivity contribution in [1.82, 2.24) is 10.3 Å². The van der Waals surface area contributed by atoms with Crippen LogP contribution in [0.2, 0.25) is 5.02 Å². The van der Waals surface area contributed by atoms with E-state index in [4.69, 9.17) is 16.3 Å². The predicted octanol–water partition coefficient (Wildman–Crippen LogP) is 5.08. The number of carbonyl (C=O) groups excluding carboxylic acids is 1. The van der Waals surface area contributed by atoms with E-state index in [1.807, 2.05) is 37.3 Å². The summed E-state index contributed by atoms with van der Waals surface area (Å²) >= 11 is 7.69. The molecule has 1 amide bonds. The van der Waals surface area contributed by atoms with Crippen LogP contribution in [-0.4, -0.2) is 16.9 Å². The van der Waals surface area contributed by atoms with E-state index in [2.05, 4.69) is 17.2 Å². The second-order valence-corrected chi connectivity index (χ2v) is 6.93. The number of hydrogen-bond acceptors (Lipinski definition) is 4. The molecule has 1 heterocycles. The van der Waals surface area contributed by atoms with Gasteiger partial charge in [-0.05, 0) is 37.1 Å². The Balaban J connectivity index is 2.01. The third-order valence-electron chi connectivity index (χ3n) is 3.21. The number of halogens is 1. The van der Waals surface area contributed by atoms with Gasteiger partial charge in [0.05, 0.1) is 9.90 Å². The molecule has 0 saturated heterocycles. The number of amides is 1. The maximum absolute atomic E-state index is 11.0. The first-order valence-corrected chi connectivity index (χ1v) is 9.04. The second-order valence-electron chi connectivity index (χ2n) is 5.49. The first-order chi connectivity index (χ1) is 11.5. The van der Waals surface area contributed by atoms with Crippen molar-refractivity contribution in [2.75, 3.05) is 0 Å². The summed E-state index contributed by atoms with van der Waals surface area (Å²) in [5, 5.41) is 3.92. The molecule has 0 bridgehead atoms. The third kappa shape index (κ3) is 5.65. The van der Waals surface area contributed by atoms with Crippen LogP contribution in [0.1, 0.15) is 37.6 Å². The van der Waals surface area contributed by atoms with Gasteiger partial charge in [-0.2, -0.15) is 0 Å². The van der Waals surface area contributed by atoms with Crippen LogP contribution in [0, 0.1) is 0 Å². The Morgan fingerprint density at radius 2 is 2.29 bits per heavy atom. The van der Waals surface area contributed by atoms with E-state index in [9.17, 15) is 4.79 Å². The van der Waals surface area contributed by atoms with Crippen molar-refractivity contribution in [2.24, 2.45) is 0 Å². The number of aromatic nitrogens is 1. The minimum atomic E-state index is -0.0540. The monoisotopic (exact) mass is 364 g/mol. The minimum Gasteiger partial charge on any atom is -0.429 e. The van der Waals surface area contributed by atoms with E-state index in [1.54, 1.807) is 6.20 Å². The first-order valence-electron chi connectivity index (χ1n) is 7.85. The standard InChI is InChI=1S/C18H21ClN2O2S/c1-4-5-14-7-9-17(16(19)10-14)23-18-20-11-15(24-18)8-6-12(2)21-13(3)22/h6-12H,4-5H2,1-3H3,(H,21,22)/b8-6+/t12-/m0/s1. The largest absolute Gasteiger partial charge is 0.429 e. The summed E-state index contributed by atoms with van der Waals surface area (Å²) < 4.78 is 5.77. The molecule has 1 atom stereocenters. The molecule has 1 aromatic heterocycles. The number of nitrogens with one attached hydrogen (secondary N) is 1. The molecule has 0 aliphatic carbocycles. The van der Waals surface area contributed by atoms with E-state index in [0.29, 0.717) is 16.0 Å². The van der Waals surface area contributed by atoms with E-state index in [1.165, 1.54) is 23.8 Å². The van der Waals surface area contributed by atoms with E-state index in [-0.39, 0.29) is 11.9 Å². The van der Waals surface area contributed by atoms with Crippen molar-refractivity contribution in [3.8, 4) is 10.9 Å². The number of carbonyl (C=O) groups is 1. The molecule has 0 saturated carbocycles. The number of thiazole rings is 1. The van der Waals surface area contributed by atoms with Crippen LogP contribution in [0.3, 0.4) is 0 Å². The Morgan fingerprint density at radius 1 is 1.50 bits per heavy atom. The molecule has 1 aromatic carbocycles. The van der Waals surface area contributed by atoms with E-state index in [0.717, 1.165) is 17.7 Å². The molecule has 2 rings (SSSR count). The van der Waals surface area contributed by atoms with Crippen molar-refractivity contribution in [1.29, 1.82) is 0 Å². The zero-order valence-electron chi connectivity index (χ0n) is 14.0. The number of aryl methyl sites for hydroxylation is 1. The maximum atomic E-state index is 11.0. The van der Waals surface area contributed by atoms with Crippen LogP contribution in [-0.2, 0) is 11.2 Å². The third-order valence-corrected chi connectivity index (χ3v) is 4.35. The zero-order chi connectivity index (χ0) is 17.5. The number of rotatable bonds is 7. The van der Waals surface area contributed by atoms with Crippen molar-refractivity contribution >= 4 is 34.9 Å². The summed E-state index contributed by atoms with van der Waals surface area (Å²) in [5.41, 5.74) is 1.20. The van der Waals surface area contributed by atoms with Crippen LogP contribution in [0.5, 0.6) is 10.9 Å². The average Bonchev–Trinajstić information content (AvgIpc) is 2.95. The van der Waals surface area contributed by atoms with E-state index < -0.39 is 0 Å². The molecular weight excluding hydrogens is 344 g/mol. The molecule has 4 nitrogen and oxygen atoms in total. The molecule has 0 aliphatic heterocycles. The van der Waals surface area contributed by atoms with Crippen LogP contribution in [0.25, 0.3) is 6.08 Å². The summed E-state index contributed by atoms with van der Waals surface area (Å²) in [5.74, 6) is 0.551. The van der Waals surface area contributed by atoms with Crippen molar-refractivity contribution in [3.05, 3.63) is 45.9 Å². The molecule has 6 heteroatoms. The number of ether oxygens (including phenoxy) is 1. The molecule has 0 fully saturated rings. The number of hydrogen-bond donors (Lipinski definition) is 1. The van der Waals surface area contributed by atoms with Gasteiger partial charge < -0.3 is 10.1 Å². The first kappa shape index (κ1) is 18.5. The lowest BCUT2D eigenvalue weighted by Gasteiger charge is -2.06. The number of benzene rings is 1. The van der Waals surface area contributed by atoms with Gasteiger partial charge in [0, 0.05) is 19.2 Å². The Morgan fingerprint density at radius 3 is 2.96 bits per heavy atom. The van der Waals surface area contributed by atoms with E-state index >= 15 is 0 Å². The summed E-state index contributed by atoms with van der Waals surface area (Å²) in [6.45, 7) is 5.54. The Kier molecular flexibility index (Phi) is 6.82. The maximum Gasteiger partial charge on any atom is 0.279 e. The quantitative estimate of drug-likeness (QED) is 0.745. The van der Waals surface area contributed by atoms with Crippen molar-refractivity contribution < 1.29 is 9.53 Å². The van der Waals surface area contributed by atoms with Crippen LogP contribution in [0.15, 0.2) is 30.5 Å². The second kappa shape index (κ2) is 8.85. The molecule has 0 spiro atoms. The van der Waals surface area contributed by atoms with Gasteiger partial charge >= 0.3 is 0 Å². The van der Waals surface area contributed by atoms with Crippen molar-refractivity contribution in [3.63, 3.8) is 0 Å². The fourth-order valence-corrected chi connectivity index (χ4v) is 3.10. The molecular formula is C18H21ClN2O2S. The Bertz CT molecular complexity index is 728. The van der Waals surface area contributed by atoms with Gasteiger partial charge in [0.15, 0.2) is 0 Å². The Hall–Kier alpha value is -1.85. The van der Waals surface area contributed by atoms with Gasteiger partial charge in [-0.15, -0.1) is 0 Å². The van der Waals surface area contributed by atoms with Crippen LogP contribution in [0.4, 0.5) is 0 Å². The average molecular weight is 365 g/mol. The van der Waals surface area contributed by atoms with Gasteiger partial charge in [0.1, 0.15) is 5.75 Å². The zero-order valence-corrected chi connectivity index (χ0v) is 15.6. The normalized spacial score (nSPS) is 12.3. The molecule has 0 unspecified atom stereocenters. The van der Waals surface area contributed by atoms with Crippen LogP contribution < -0.4 is 10.1 Å². The molecule has 24 heavy (non-hydrogen) atoms. The SMILES string of the molecule is CCCc1ccc(Oc2ncc(/C=C/[C@H](C)NC(C)=O)s2)c(Cl)c1. The molecule has 1 N–H and O–H groups in total. The highest BCUT2D eigenvalue weighted by Gasteiger charge is 2.08. The lowest BCUT2D eigenvalue weighted by molar-refractivity contribution is -0.119. The van der Waals surface area contributed by atoms with Crippen LogP contribution >= 0.6 is 22.9 Å². The Labute approximate surface area is 151 Å². The summed E-state index contributed by atoms with van der Waals surface area (Å²) in [4.78, 5) is 16.2. The molecule has 0 radical (unpaired) electrons. The topological polar surface area (TPSA) is 51.2 Å². The van der Waals surface area contributed by atoms with Gasteiger partial charge in [-0.3, -0.25) is 4.79 Å². The highest BCUT2D eigenvalue weighted by atomic mass is 35.5. The highest BCUT2D eigenvalue weighted by molar-refractivity contribution is 7.14. The molecule has 0 aliphatic rings. The minimum absolute atomic E-state index is 0.0328. The van der Waals surface area contributed by atoms with Gasteiger partial charge in [-0.25, -0.2) is 4.98 Å². The summed E-state index contributed by atoms with van der Waals surface area (Å²) in [6.07, 6.45) is 7.63. The predicted molar refractivity (Wildman–Crippen MR) is 99.9 cm³/mol. The van der Waals surface area contributed by atoms with Gasteiger partial charge in [0.2, 0.25) is 5.91 Å². The molecule has 2 aromatic rings. The lowest BCUT2D eigenvalue weighted by atomic mass is 10.1. The summed E-state index contributed by atoms with van der Waals surface area (Å²) in [7, 11) is 0. The molecule has 128 valence electrons. The van der Waals surface area contributed by atoms with Gasteiger partial charge in [0.25, 0.3) is 5.19 Å². The summed E-state index contributed by atoms with van der Waals surface area (Å²) in [6, 6.07) is 5.80. The lowest BCUT2D eigenvalue weighted by Crippen LogP contribution is -2.28. The smallest absolute Gasteiger partial charge is 0.279 e. The van der Waals surface area contributed by atoms with Gasteiger partial charge in [-0.1, -0.05) is 48.4 Å². The van der Waals surface area contributed by atoms with Crippen molar-refractivity contribution in [2.45, 2.75) is 39.7 Å². The highest BCUT2D eigenvalue weighted by Crippen LogP contribution is 2.33. The number of nitrogens with zero attached hydrogens (tertiary/aromatic N) is 1.